The first-order valence-corrected chi connectivity index (χ1v) is 10.5. The van der Waals surface area contributed by atoms with Crippen LogP contribution in [0.1, 0.15) is 48.0 Å². The summed E-state index contributed by atoms with van der Waals surface area (Å²) in [6.07, 6.45) is 5.14. The van der Waals surface area contributed by atoms with E-state index in [0.717, 1.165) is 19.3 Å². The van der Waals surface area contributed by atoms with E-state index in [1.54, 1.807) is 6.07 Å². The molecule has 2 aromatic rings. The molecule has 0 amide bonds. The highest BCUT2D eigenvalue weighted by Gasteiger charge is 2.57. The maximum absolute atomic E-state index is 12.7. The molecule has 5 heteroatoms. The van der Waals surface area contributed by atoms with Crippen molar-refractivity contribution in [3.63, 3.8) is 0 Å². The fraction of sp³-hybridized carbons (Fsp3) is 0.458. The fourth-order valence-electron chi connectivity index (χ4n) is 6.18. The van der Waals surface area contributed by atoms with Gasteiger partial charge in [0.1, 0.15) is 17.1 Å². The molecule has 4 aliphatic rings. The lowest BCUT2D eigenvalue weighted by molar-refractivity contribution is -0.144. The smallest absolute Gasteiger partial charge is 0.338 e. The van der Waals surface area contributed by atoms with Crippen molar-refractivity contribution in [1.82, 2.24) is 5.32 Å². The number of benzene rings is 2. The topological polar surface area (TPSA) is 78.8 Å². The highest BCUT2D eigenvalue weighted by atomic mass is 16.6. The Balaban J connectivity index is 1.28. The van der Waals surface area contributed by atoms with E-state index in [-0.39, 0.29) is 23.1 Å². The van der Waals surface area contributed by atoms with Gasteiger partial charge in [-0.2, -0.15) is 0 Å². The van der Waals surface area contributed by atoms with Gasteiger partial charge in [0, 0.05) is 18.2 Å². The van der Waals surface area contributed by atoms with Crippen molar-refractivity contribution in [2.75, 3.05) is 0 Å². The molecule has 6 rings (SSSR count). The number of aromatic hydroxyl groups is 2. The first-order valence-electron chi connectivity index (χ1n) is 10.5. The first-order chi connectivity index (χ1) is 14.0. The number of phenols is 2. The minimum Gasteiger partial charge on any atom is -0.508 e. The molecule has 2 unspecified atom stereocenters. The summed E-state index contributed by atoms with van der Waals surface area (Å²) in [5, 5.41) is 23.4. The SMILES string of the molecule is O=C(OC12CC3CC(C1)C(NCc1cc(O)ccc1O)C(C3)C2)c1ccccc1. The van der Waals surface area contributed by atoms with Crippen LogP contribution in [0.15, 0.2) is 48.5 Å². The number of rotatable bonds is 5. The average molecular weight is 393 g/mol. The average Bonchev–Trinajstić information content (AvgIpc) is 2.70. The van der Waals surface area contributed by atoms with Gasteiger partial charge in [-0.3, -0.25) is 0 Å². The molecule has 0 radical (unpaired) electrons. The van der Waals surface area contributed by atoms with Gasteiger partial charge in [-0.15, -0.1) is 0 Å². The molecule has 0 aliphatic heterocycles. The summed E-state index contributed by atoms with van der Waals surface area (Å²) in [5.41, 5.74) is 1.01. The monoisotopic (exact) mass is 393 g/mol. The van der Waals surface area contributed by atoms with Crippen molar-refractivity contribution < 1.29 is 19.7 Å². The minimum atomic E-state index is -0.325. The third kappa shape index (κ3) is 3.48. The first kappa shape index (κ1) is 18.5. The van der Waals surface area contributed by atoms with E-state index >= 15 is 0 Å². The molecule has 4 fully saturated rings. The number of esters is 1. The molecule has 0 aromatic heterocycles. The second-order valence-corrected chi connectivity index (χ2v) is 9.13. The largest absolute Gasteiger partial charge is 0.508 e. The summed E-state index contributed by atoms with van der Waals surface area (Å²) in [4.78, 5) is 12.7. The molecular formula is C24H27NO4. The Bertz CT molecular complexity index is 896. The van der Waals surface area contributed by atoms with Crippen molar-refractivity contribution in [3.05, 3.63) is 59.7 Å². The van der Waals surface area contributed by atoms with Crippen molar-refractivity contribution in [2.45, 2.75) is 50.3 Å². The van der Waals surface area contributed by atoms with Gasteiger partial charge in [0.15, 0.2) is 0 Å². The van der Waals surface area contributed by atoms with Crippen LogP contribution < -0.4 is 5.32 Å². The summed E-state index contributed by atoms with van der Waals surface area (Å²) in [7, 11) is 0. The van der Waals surface area contributed by atoms with E-state index in [0.29, 0.717) is 41.5 Å². The van der Waals surface area contributed by atoms with Crippen LogP contribution in [0.25, 0.3) is 0 Å². The fourth-order valence-corrected chi connectivity index (χ4v) is 6.18. The van der Waals surface area contributed by atoms with Gasteiger partial charge < -0.3 is 20.3 Å². The molecule has 0 spiro atoms. The van der Waals surface area contributed by atoms with Crippen LogP contribution in [0.4, 0.5) is 0 Å². The van der Waals surface area contributed by atoms with Crippen LogP contribution in [-0.4, -0.2) is 27.8 Å². The molecule has 5 nitrogen and oxygen atoms in total. The van der Waals surface area contributed by atoms with Gasteiger partial charge in [0.2, 0.25) is 0 Å². The predicted octanol–water partition coefficient (Wildman–Crippen LogP) is 3.99. The van der Waals surface area contributed by atoms with E-state index < -0.39 is 0 Å². The number of ether oxygens (including phenoxy) is 1. The van der Waals surface area contributed by atoms with E-state index in [2.05, 4.69) is 5.32 Å². The third-order valence-corrected chi connectivity index (χ3v) is 7.13. The van der Waals surface area contributed by atoms with E-state index in [4.69, 9.17) is 4.74 Å². The summed E-state index contributed by atoms with van der Waals surface area (Å²) >= 11 is 0. The van der Waals surface area contributed by atoms with Crippen LogP contribution in [0.2, 0.25) is 0 Å². The lowest BCUT2D eigenvalue weighted by Gasteiger charge is -2.59. The highest BCUT2D eigenvalue weighted by molar-refractivity contribution is 5.89. The van der Waals surface area contributed by atoms with Gasteiger partial charge in [-0.05, 0) is 80.2 Å². The maximum atomic E-state index is 12.7. The van der Waals surface area contributed by atoms with Crippen molar-refractivity contribution >= 4 is 5.97 Å². The number of hydrogen-bond donors (Lipinski definition) is 3. The Morgan fingerprint density at radius 1 is 1.03 bits per heavy atom. The number of hydrogen-bond acceptors (Lipinski definition) is 5. The van der Waals surface area contributed by atoms with E-state index in [1.807, 2.05) is 30.3 Å². The quantitative estimate of drug-likeness (QED) is 0.529. The number of carbonyl (C=O) groups excluding carboxylic acids is 1. The van der Waals surface area contributed by atoms with Crippen LogP contribution in [-0.2, 0) is 11.3 Å². The van der Waals surface area contributed by atoms with Crippen LogP contribution in [0, 0.1) is 17.8 Å². The van der Waals surface area contributed by atoms with Crippen molar-refractivity contribution in [1.29, 1.82) is 0 Å². The lowest BCUT2D eigenvalue weighted by Crippen LogP contribution is -2.61. The van der Waals surface area contributed by atoms with Crippen LogP contribution in [0.3, 0.4) is 0 Å². The summed E-state index contributed by atoms with van der Waals surface area (Å²) in [6.45, 7) is 0.527. The molecule has 2 atom stereocenters. The Morgan fingerprint density at radius 3 is 2.48 bits per heavy atom. The van der Waals surface area contributed by atoms with Crippen LogP contribution in [0.5, 0.6) is 11.5 Å². The normalized spacial score (nSPS) is 32.3. The third-order valence-electron chi connectivity index (χ3n) is 7.13. The minimum absolute atomic E-state index is 0.163. The summed E-state index contributed by atoms with van der Waals surface area (Å²) < 4.78 is 6.14. The van der Waals surface area contributed by atoms with Crippen molar-refractivity contribution in [2.24, 2.45) is 17.8 Å². The molecule has 4 bridgehead atoms. The van der Waals surface area contributed by atoms with E-state index in [1.165, 1.54) is 25.0 Å². The summed E-state index contributed by atoms with van der Waals surface area (Å²) in [6, 6.07) is 14.3. The zero-order valence-electron chi connectivity index (χ0n) is 16.4. The molecule has 152 valence electrons. The molecule has 2 aromatic carbocycles. The summed E-state index contributed by atoms with van der Waals surface area (Å²) in [5.74, 6) is 1.74. The zero-order valence-corrected chi connectivity index (χ0v) is 16.4. The van der Waals surface area contributed by atoms with E-state index in [9.17, 15) is 15.0 Å². The second kappa shape index (κ2) is 7.06. The maximum Gasteiger partial charge on any atom is 0.338 e. The number of carbonyl (C=O) groups is 1. The predicted molar refractivity (Wildman–Crippen MR) is 109 cm³/mol. The second-order valence-electron chi connectivity index (χ2n) is 9.13. The molecule has 0 heterocycles. The van der Waals surface area contributed by atoms with Crippen molar-refractivity contribution in [3.8, 4) is 11.5 Å². The Labute approximate surface area is 170 Å². The van der Waals surface area contributed by atoms with Crippen LogP contribution >= 0.6 is 0 Å². The van der Waals surface area contributed by atoms with Gasteiger partial charge in [0.05, 0.1) is 5.56 Å². The molecular weight excluding hydrogens is 366 g/mol. The Hall–Kier alpha value is -2.53. The molecule has 4 aliphatic carbocycles. The number of nitrogens with one attached hydrogen (secondary N) is 1. The Kier molecular flexibility index (Phi) is 4.50. The Morgan fingerprint density at radius 2 is 1.76 bits per heavy atom. The molecule has 3 N–H and O–H groups in total. The highest BCUT2D eigenvalue weighted by Crippen LogP contribution is 2.57. The standard InChI is InChI=1S/C24H27NO4/c26-20-6-7-21(27)19(10-20)14-25-22-17-8-15-9-18(22)13-24(11-15,12-17)29-23(28)16-4-2-1-3-5-16/h1-7,10,15,17-18,22,25-27H,8-9,11-14H2. The molecule has 4 saturated carbocycles. The lowest BCUT2D eigenvalue weighted by atomic mass is 9.52. The van der Waals surface area contributed by atoms with Gasteiger partial charge in [0.25, 0.3) is 0 Å². The van der Waals surface area contributed by atoms with Gasteiger partial charge >= 0.3 is 5.97 Å². The molecule has 0 saturated heterocycles. The van der Waals surface area contributed by atoms with Gasteiger partial charge in [-0.25, -0.2) is 4.79 Å². The number of phenolic OH excluding ortho intramolecular Hbond substituents is 2. The molecule has 29 heavy (non-hydrogen) atoms. The van der Waals surface area contributed by atoms with Gasteiger partial charge in [-0.1, -0.05) is 18.2 Å². The zero-order chi connectivity index (χ0) is 20.0.